The number of furan rings is 1. The lowest BCUT2D eigenvalue weighted by Crippen LogP contribution is -2.50. The first-order chi connectivity index (χ1) is 9.85. The van der Waals surface area contributed by atoms with Gasteiger partial charge in [0.15, 0.2) is 5.76 Å². The van der Waals surface area contributed by atoms with E-state index in [1.807, 2.05) is 0 Å². The van der Waals surface area contributed by atoms with Gasteiger partial charge in [0.05, 0.1) is 12.8 Å². The third-order valence-corrected chi connectivity index (χ3v) is 4.21. The van der Waals surface area contributed by atoms with Gasteiger partial charge in [0.2, 0.25) is 10.0 Å². The minimum atomic E-state index is -3.28. The van der Waals surface area contributed by atoms with Gasteiger partial charge in [0, 0.05) is 12.6 Å². The Hall–Kier alpha value is -1.09. The van der Waals surface area contributed by atoms with Crippen LogP contribution < -0.4 is 15.4 Å². The Balaban J connectivity index is 0.00000242. The van der Waals surface area contributed by atoms with Crippen LogP contribution >= 0.6 is 12.4 Å². The zero-order valence-corrected chi connectivity index (χ0v) is 14.2. The number of nitrogens with one attached hydrogen (secondary N) is 3. The normalized spacial score (nSPS) is 21.9. The SMILES string of the molecule is CC1CCNCC1NC(=O)c1ccc(CNS(C)(=O)=O)o1.Cl. The number of rotatable bonds is 5. The Kier molecular flexibility index (Phi) is 6.86. The summed E-state index contributed by atoms with van der Waals surface area (Å²) in [4.78, 5) is 12.1. The summed E-state index contributed by atoms with van der Waals surface area (Å²) in [5.74, 6) is 0.733. The average molecular weight is 352 g/mol. The molecule has 7 nitrogen and oxygen atoms in total. The molecule has 2 heterocycles. The van der Waals surface area contributed by atoms with E-state index >= 15 is 0 Å². The predicted molar refractivity (Wildman–Crippen MR) is 85.5 cm³/mol. The maximum Gasteiger partial charge on any atom is 0.287 e. The van der Waals surface area contributed by atoms with Crippen molar-refractivity contribution in [1.82, 2.24) is 15.4 Å². The number of piperidine rings is 1. The second kappa shape index (κ2) is 7.96. The van der Waals surface area contributed by atoms with Gasteiger partial charge in [-0.3, -0.25) is 4.79 Å². The van der Waals surface area contributed by atoms with Crippen molar-refractivity contribution in [2.75, 3.05) is 19.3 Å². The fourth-order valence-corrected chi connectivity index (χ4v) is 2.62. The van der Waals surface area contributed by atoms with Gasteiger partial charge < -0.3 is 15.1 Å². The molecule has 0 aliphatic carbocycles. The standard InChI is InChI=1S/C13H21N3O4S.ClH/c1-9-5-6-14-8-11(9)16-13(17)12-4-3-10(20-12)7-15-21(2,18)19;/h3-4,9,11,14-15H,5-8H2,1-2H3,(H,16,17);1H. The summed E-state index contributed by atoms with van der Waals surface area (Å²) in [6, 6.07) is 3.22. The van der Waals surface area contributed by atoms with Crippen LogP contribution in [0.1, 0.15) is 29.7 Å². The van der Waals surface area contributed by atoms with Crippen LogP contribution in [-0.2, 0) is 16.6 Å². The molecular weight excluding hydrogens is 330 g/mol. The molecule has 22 heavy (non-hydrogen) atoms. The molecule has 1 saturated heterocycles. The van der Waals surface area contributed by atoms with E-state index in [1.54, 1.807) is 12.1 Å². The smallest absolute Gasteiger partial charge is 0.287 e. The third kappa shape index (κ3) is 5.60. The molecule has 2 rings (SSSR count). The summed E-state index contributed by atoms with van der Waals surface area (Å²) in [6.07, 6.45) is 2.09. The highest BCUT2D eigenvalue weighted by atomic mass is 35.5. The molecule has 2 unspecified atom stereocenters. The third-order valence-electron chi connectivity index (χ3n) is 3.54. The van der Waals surface area contributed by atoms with E-state index in [2.05, 4.69) is 22.3 Å². The summed E-state index contributed by atoms with van der Waals surface area (Å²) in [5.41, 5.74) is 0. The van der Waals surface area contributed by atoms with E-state index in [1.165, 1.54) is 0 Å². The van der Waals surface area contributed by atoms with Crippen molar-refractivity contribution in [2.45, 2.75) is 25.9 Å². The van der Waals surface area contributed by atoms with Crippen molar-refractivity contribution in [3.05, 3.63) is 23.7 Å². The Labute approximate surface area is 136 Å². The molecular formula is C13H22ClN3O4S. The first-order valence-electron chi connectivity index (χ1n) is 6.90. The van der Waals surface area contributed by atoms with Gasteiger partial charge in [-0.25, -0.2) is 13.1 Å². The summed E-state index contributed by atoms with van der Waals surface area (Å²) >= 11 is 0. The number of hydrogen-bond donors (Lipinski definition) is 3. The molecule has 0 aromatic carbocycles. The quantitative estimate of drug-likeness (QED) is 0.716. The molecule has 2 atom stereocenters. The first-order valence-corrected chi connectivity index (χ1v) is 8.79. The highest BCUT2D eigenvalue weighted by Gasteiger charge is 2.24. The van der Waals surface area contributed by atoms with E-state index in [0.29, 0.717) is 11.7 Å². The molecule has 3 N–H and O–H groups in total. The average Bonchev–Trinajstić information content (AvgIpc) is 2.87. The van der Waals surface area contributed by atoms with Gasteiger partial charge in [0.1, 0.15) is 5.76 Å². The lowest BCUT2D eigenvalue weighted by molar-refractivity contribution is 0.0885. The maximum absolute atomic E-state index is 12.1. The van der Waals surface area contributed by atoms with E-state index in [4.69, 9.17) is 4.42 Å². The van der Waals surface area contributed by atoms with Gasteiger partial charge >= 0.3 is 0 Å². The molecule has 1 aliphatic rings. The largest absolute Gasteiger partial charge is 0.455 e. The maximum atomic E-state index is 12.1. The summed E-state index contributed by atoms with van der Waals surface area (Å²) in [7, 11) is -3.28. The van der Waals surface area contributed by atoms with Gasteiger partial charge in [-0.05, 0) is 31.0 Å². The van der Waals surface area contributed by atoms with Gasteiger partial charge in [-0.1, -0.05) is 6.92 Å². The van der Waals surface area contributed by atoms with Crippen LogP contribution in [0.15, 0.2) is 16.5 Å². The molecule has 0 spiro atoms. The lowest BCUT2D eigenvalue weighted by atomic mass is 9.95. The van der Waals surface area contributed by atoms with Crippen LogP contribution in [-0.4, -0.2) is 39.7 Å². The number of hydrogen-bond acceptors (Lipinski definition) is 5. The fourth-order valence-electron chi connectivity index (χ4n) is 2.22. The zero-order valence-electron chi connectivity index (χ0n) is 12.6. The zero-order chi connectivity index (χ0) is 15.5. The molecule has 1 aliphatic heterocycles. The summed E-state index contributed by atoms with van der Waals surface area (Å²) < 4.78 is 29.7. The Morgan fingerprint density at radius 1 is 1.45 bits per heavy atom. The highest BCUT2D eigenvalue weighted by molar-refractivity contribution is 7.88. The molecule has 1 aromatic heterocycles. The molecule has 0 bridgehead atoms. The number of carbonyl (C=O) groups excluding carboxylic acids is 1. The monoisotopic (exact) mass is 351 g/mol. The van der Waals surface area contributed by atoms with Crippen molar-refractivity contribution in [1.29, 1.82) is 0 Å². The van der Waals surface area contributed by atoms with Crippen LogP contribution in [0.3, 0.4) is 0 Å². The van der Waals surface area contributed by atoms with Crippen LogP contribution in [0.25, 0.3) is 0 Å². The van der Waals surface area contributed by atoms with Crippen LogP contribution in [0.5, 0.6) is 0 Å². The van der Waals surface area contributed by atoms with Crippen molar-refractivity contribution < 1.29 is 17.6 Å². The predicted octanol–water partition coefficient (Wildman–Crippen LogP) is 0.478. The molecule has 126 valence electrons. The molecule has 1 fully saturated rings. The lowest BCUT2D eigenvalue weighted by Gasteiger charge is -2.29. The van der Waals surface area contributed by atoms with Gasteiger partial charge in [-0.2, -0.15) is 0 Å². The van der Waals surface area contributed by atoms with E-state index in [0.717, 1.165) is 25.8 Å². The van der Waals surface area contributed by atoms with Gasteiger partial charge in [0.25, 0.3) is 5.91 Å². The highest BCUT2D eigenvalue weighted by Crippen LogP contribution is 2.13. The van der Waals surface area contributed by atoms with Crippen molar-refractivity contribution in [3.8, 4) is 0 Å². The number of sulfonamides is 1. The topological polar surface area (TPSA) is 100 Å². The molecule has 9 heteroatoms. The summed E-state index contributed by atoms with van der Waals surface area (Å²) in [5, 5.41) is 6.18. The van der Waals surface area contributed by atoms with E-state index in [9.17, 15) is 13.2 Å². The summed E-state index contributed by atoms with van der Waals surface area (Å²) in [6.45, 7) is 3.86. The molecule has 0 saturated carbocycles. The van der Waals surface area contributed by atoms with E-state index in [-0.39, 0.29) is 36.7 Å². The minimum absolute atomic E-state index is 0. The van der Waals surface area contributed by atoms with Crippen LogP contribution in [0, 0.1) is 5.92 Å². The Morgan fingerprint density at radius 3 is 2.82 bits per heavy atom. The second-order valence-corrected chi connectivity index (χ2v) is 7.24. The van der Waals surface area contributed by atoms with E-state index < -0.39 is 10.0 Å². The number of carbonyl (C=O) groups is 1. The first kappa shape index (κ1) is 19.0. The van der Waals surface area contributed by atoms with Crippen LogP contribution in [0.2, 0.25) is 0 Å². The molecule has 1 aromatic rings. The van der Waals surface area contributed by atoms with Crippen molar-refractivity contribution in [3.63, 3.8) is 0 Å². The molecule has 0 radical (unpaired) electrons. The van der Waals surface area contributed by atoms with Crippen molar-refractivity contribution in [2.24, 2.45) is 5.92 Å². The Bertz CT molecular complexity index is 602. The minimum Gasteiger partial charge on any atom is -0.455 e. The van der Waals surface area contributed by atoms with Crippen molar-refractivity contribution >= 4 is 28.3 Å². The number of amides is 1. The Morgan fingerprint density at radius 2 is 2.18 bits per heavy atom. The van der Waals surface area contributed by atoms with Gasteiger partial charge in [-0.15, -0.1) is 12.4 Å². The molecule has 1 amide bonds. The number of halogens is 1. The van der Waals surface area contributed by atoms with Crippen LogP contribution in [0.4, 0.5) is 0 Å². The second-order valence-electron chi connectivity index (χ2n) is 5.41. The fraction of sp³-hybridized carbons (Fsp3) is 0.615.